The van der Waals surface area contributed by atoms with Crippen LogP contribution in [-0.4, -0.2) is 42.6 Å². The van der Waals surface area contributed by atoms with Gasteiger partial charge in [-0.25, -0.2) is 4.79 Å². The number of benzene rings is 1. The first-order valence-corrected chi connectivity index (χ1v) is 9.63. The van der Waals surface area contributed by atoms with Crippen LogP contribution < -0.4 is 10.6 Å². The first-order chi connectivity index (χ1) is 12.6. The van der Waals surface area contributed by atoms with Crippen LogP contribution in [0.3, 0.4) is 0 Å². The molecule has 0 radical (unpaired) electrons. The molecule has 0 spiro atoms. The number of hydrogen-bond acceptors (Lipinski definition) is 3. The summed E-state index contributed by atoms with van der Waals surface area (Å²) in [6.45, 7) is 4.22. The van der Waals surface area contributed by atoms with Gasteiger partial charge in [-0.2, -0.15) is 0 Å². The molecular weight excluding hydrogens is 330 g/mol. The predicted molar refractivity (Wildman–Crippen MR) is 101 cm³/mol. The van der Waals surface area contributed by atoms with Gasteiger partial charge in [0.2, 0.25) is 5.91 Å². The molecule has 0 bridgehead atoms. The fourth-order valence-corrected chi connectivity index (χ4v) is 3.69. The minimum Gasteiger partial charge on any atom is -0.374 e. The highest BCUT2D eigenvalue weighted by atomic mass is 16.5. The molecule has 2 aliphatic rings. The van der Waals surface area contributed by atoms with Gasteiger partial charge in [-0.05, 0) is 42.9 Å². The van der Waals surface area contributed by atoms with Gasteiger partial charge in [-0.3, -0.25) is 4.79 Å². The van der Waals surface area contributed by atoms with Gasteiger partial charge >= 0.3 is 6.03 Å². The molecule has 142 valence electrons. The van der Waals surface area contributed by atoms with Crippen molar-refractivity contribution in [2.24, 2.45) is 5.92 Å². The van der Waals surface area contributed by atoms with Crippen LogP contribution in [0.5, 0.6) is 0 Å². The lowest BCUT2D eigenvalue weighted by molar-refractivity contribution is -0.116. The summed E-state index contributed by atoms with van der Waals surface area (Å²) in [4.78, 5) is 25.5. The van der Waals surface area contributed by atoms with E-state index in [0.29, 0.717) is 25.8 Å². The Morgan fingerprint density at radius 1 is 1.35 bits per heavy atom. The van der Waals surface area contributed by atoms with Crippen LogP contribution in [0, 0.1) is 5.92 Å². The van der Waals surface area contributed by atoms with Crippen LogP contribution >= 0.6 is 0 Å². The maximum absolute atomic E-state index is 12.2. The zero-order valence-electron chi connectivity index (χ0n) is 15.5. The van der Waals surface area contributed by atoms with Gasteiger partial charge in [-0.1, -0.05) is 31.9 Å². The smallest absolute Gasteiger partial charge is 0.317 e. The first kappa shape index (κ1) is 18.7. The molecule has 0 aromatic heterocycles. The third-order valence-electron chi connectivity index (χ3n) is 5.09. The lowest BCUT2D eigenvalue weighted by Crippen LogP contribution is -2.49. The zero-order chi connectivity index (χ0) is 18.4. The van der Waals surface area contributed by atoms with E-state index in [1.165, 1.54) is 17.7 Å². The Bertz CT molecular complexity index is 634. The van der Waals surface area contributed by atoms with Gasteiger partial charge in [0.1, 0.15) is 6.54 Å². The molecule has 1 heterocycles. The van der Waals surface area contributed by atoms with Crippen molar-refractivity contribution in [2.45, 2.75) is 51.7 Å². The molecule has 3 rings (SSSR count). The average Bonchev–Trinajstić information content (AvgIpc) is 2.62. The first-order valence-electron chi connectivity index (χ1n) is 9.63. The molecule has 3 amide bonds. The number of hydrogen-bond donors (Lipinski definition) is 2. The summed E-state index contributed by atoms with van der Waals surface area (Å²) >= 11 is 0. The number of carbonyl (C=O) groups excluding carboxylic acids is 2. The van der Waals surface area contributed by atoms with E-state index in [1.807, 2.05) is 24.3 Å². The summed E-state index contributed by atoms with van der Waals surface area (Å²) in [6.07, 6.45) is 6.02. The molecule has 1 aliphatic carbocycles. The zero-order valence-corrected chi connectivity index (χ0v) is 15.5. The quantitative estimate of drug-likeness (QED) is 0.820. The number of amides is 3. The van der Waals surface area contributed by atoms with E-state index in [-0.39, 0.29) is 18.5 Å². The van der Waals surface area contributed by atoms with Crippen LogP contribution in [0.1, 0.15) is 44.6 Å². The van der Waals surface area contributed by atoms with E-state index < -0.39 is 0 Å². The number of ether oxygens (including phenoxy) is 1. The molecule has 1 saturated carbocycles. The minimum absolute atomic E-state index is 0.0759. The second kappa shape index (κ2) is 9.03. The Hall–Kier alpha value is -2.08. The molecule has 26 heavy (non-hydrogen) atoms. The summed E-state index contributed by atoms with van der Waals surface area (Å²) in [7, 11) is 0. The summed E-state index contributed by atoms with van der Waals surface area (Å²) in [5, 5.41) is 5.63. The monoisotopic (exact) mass is 359 g/mol. The van der Waals surface area contributed by atoms with Crippen LogP contribution in [0.25, 0.3) is 0 Å². The maximum Gasteiger partial charge on any atom is 0.317 e. The predicted octanol–water partition coefficient (Wildman–Crippen LogP) is 3.14. The number of rotatable bonds is 6. The number of carbonyl (C=O) groups is 2. The maximum atomic E-state index is 12.2. The molecule has 2 atom stereocenters. The minimum atomic E-state index is -0.179. The van der Waals surface area contributed by atoms with E-state index in [2.05, 4.69) is 17.6 Å². The van der Waals surface area contributed by atoms with Gasteiger partial charge in [-0.15, -0.1) is 0 Å². The standard InChI is InChI=1S/C20H29N3O3/c1-15-5-2-8-18(11-15)26-14-16-6-3-7-17(12-16)22-19(24)13-23-10-4-9-21-20(23)25/h3,6-7,12,15,18H,2,4-5,8-11,13-14H2,1H3,(H,21,25)(H,22,24)/t15-,18+/m0/s1. The molecule has 1 aromatic rings. The molecule has 1 aliphatic heterocycles. The van der Waals surface area contributed by atoms with Gasteiger partial charge in [0.05, 0.1) is 12.7 Å². The van der Waals surface area contributed by atoms with Crippen LogP contribution in [0.15, 0.2) is 24.3 Å². The van der Waals surface area contributed by atoms with Crippen molar-refractivity contribution < 1.29 is 14.3 Å². The molecule has 2 N–H and O–H groups in total. The average molecular weight is 359 g/mol. The van der Waals surface area contributed by atoms with Gasteiger partial charge in [0.15, 0.2) is 0 Å². The number of nitrogens with zero attached hydrogens (tertiary/aromatic N) is 1. The summed E-state index contributed by atoms with van der Waals surface area (Å²) in [6, 6.07) is 7.57. The lowest BCUT2D eigenvalue weighted by Gasteiger charge is -2.27. The molecule has 6 nitrogen and oxygen atoms in total. The van der Waals surface area contributed by atoms with E-state index in [0.717, 1.165) is 36.4 Å². The third kappa shape index (κ3) is 5.46. The van der Waals surface area contributed by atoms with Crippen LogP contribution in [0.4, 0.5) is 10.5 Å². The van der Waals surface area contributed by atoms with E-state index >= 15 is 0 Å². The third-order valence-corrected chi connectivity index (χ3v) is 5.09. The number of nitrogens with one attached hydrogen (secondary N) is 2. The number of urea groups is 1. The van der Waals surface area contributed by atoms with Crippen molar-refractivity contribution in [2.75, 3.05) is 25.0 Å². The summed E-state index contributed by atoms with van der Waals surface area (Å²) in [5.41, 5.74) is 1.79. The topological polar surface area (TPSA) is 70.7 Å². The largest absolute Gasteiger partial charge is 0.374 e. The van der Waals surface area contributed by atoms with Gasteiger partial charge in [0, 0.05) is 18.8 Å². The van der Waals surface area contributed by atoms with Crippen molar-refractivity contribution >= 4 is 17.6 Å². The highest BCUT2D eigenvalue weighted by Crippen LogP contribution is 2.26. The summed E-state index contributed by atoms with van der Waals surface area (Å²) < 4.78 is 6.06. The fraction of sp³-hybridized carbons (Fsp3) is 0.600. The molecule has 2 fully saturated rings. The van der Waals surface area contributed by atoms with Crippen LogP contribution in [-0.2, 0) is 16.1 Å². The Labute approximate surface area is 155 Å². The molecule has 1 aromatic carbocycles. The van der Waals surface area contributed by atoms with Crippen molar-refractivity contribution in [1.82, 2.24) is 10.2 Å². The Balaban J connectivity index is 1.48. The Morgan fingerprint density at radius 2 is 2.23 bits per heavy atom. The molecule has 1 saturated heterocycles. The van der Waals surface area contributed by atoms with Crippen molar-refractivity contribution in [3.63, 3.8) is 0 Å². The summed E-state index contributed by atoms with van der Waals surface area (Å²) in [5.74, 6) is 0.563. The second-order valence-electron chi connectivity index (χ2n) is 7.46. The van der Waals surface area contributed by atoms with Crippen LogP contribution in [0.2, 0.25) is 0 Å². The second-order valence-corrected chi connectivity index (χ2v) is 7.46. The fourth-order valence-electron chi connectivity index (χ4n) is 3.69. The van der Waals surface area contributed by atoms with Gasteiger partial charge < -0.3 is 20.3 Å². The normalized spacial score (nSPS) is 23.4. The molecule has 6 heteroatoms. The highest BCUT2D eigenvalue weighted by Gasteiger charge is 2.21. The van der Waals surface area contributed by atoms with E-state index in [1.54, 1.807) is 0 Å². The van der Waals surface area contributed by atoms with E-state index in [9.17, 15) is 9.59 Å². The molecular formula is C20H29N3O3. The van der Waals surface area contributed by atoms with Crippen molar-refractivity contribution in [3.8, 4) is 0 Å². The molecule has 0 unspecified atom stereocenters. The van der Waals surface area contributed by atoms with Gasteiger partial charge in [0.25, 0.3) is 0 Å². The SMILES string of the molecule is C[C@H]1CCC[C@@H](OCc2cccc(NC(=O)CN3CCCNC3=O)c2)C1. The Morgan fingerprint density at radius 3 is 3.04 bits per heavy atom. The van der Waals surface area contributed by atoms with Crippen molar-refractivity contribution in [3.05, 3.63) is 29.8 Å². The van der Waals surface area contributed by atoms with E-state index in [4.69, 9.17) is 4.74 Å². The highest BCUT2D eigenvalue weighted by molar-refractivity contribution is 5.94. The Kier molecular flexibility index (Phi) is 6.50. The lowest BCUT2D eigenvalue weighted by atomic mass is 9.89. The van der Waals surface area contributed by atoms with Crippen molar-refractivity contribution in [1.29, 1.82) is 0 Å². The number of anilines is 1.